The molecule has 2 heterocycles. The summed E-state index contributed by atoms with van der Waals surface area (Å²) >= 11 is 0. The summed E-state index contributed by atoms with van der Waals surface area (Å²) in [4.78, 5) is 38.1. The molecule has 2 amide bonds. The van der Waals surface area contributed by atoms with Gasteiger partial charge in [0.25, 0.3) is 0 Å². The van der Waals surface area contributed by atoms with Gasteiger partial charge < -0.3 is 34.7 Å². The Kier molecular flexibility index (Phi) is 9.57. The van der Waals surface area contributed by atoms with E-state index < -0.39 is 60.8 Å². The summed E-state index contributed by atoms with van der Waals surface area (Å²) in [5.41, 5.74) is 1.74. The first-order chi connectivity index (χ1) is 19.0. The number of amides is 2. The van der Waals surface area contributed by atoms with Crippen molar-refractivity contribution < 1.29 is 38.4 Å². The molecule has 216 valence electrons. The highest BCUT2D eigenvalue weighted by Gasteiger charge is 2.57. The number of carbonyl (C=O) groups is 3. The molecule has 40 heavy (non-hydrogen) atoms. The lowest BCUT2D eigenvalue weighted by Gasteiger charge is -2.32. The minimum atomic E-state index is -1.12. The van der Waals surface area contributed by atoms with Crippen LogP contribution in [0.15, 0.2) is 60.7 Å². The Morgan fingerprint density at radius 3 is 2.17 bits per heavy atom. The quantitative estimate of drug-likeness (QED) is 0.365. The smallest absolute Gasteiger partial charge is 0.305 e. The molecule has 10 nitrogen and oxygen atoms in total. The second-order valence-corrected chi connectivity index (χ2v) is 11.0. The van der Waals surface area contributed by atoms with Crippen molar-refractivity contribution in [3.05, 3.63) is 71.8 Å². The van der Waals surface area contributed by atoms with Crippen molar-refractivity contribution in [2.24, 2.45) is 5.92 Å². The van der Waals surface area contributed by atoms with E-state index in [-0.39, 0.29) is 24.9 Å². The standard InChI is InChI=1S/C30H38N2O8/c1-18(2)24(32-22(33)15-19-11-7-5-8-12-19)28(36)31-21(16-23(34)35)25-26(37-17-20-13-9-6-10-14-20)27-29(38-25)40-30(3,4)39-27/h5-14,18,21,24-27,29H,15-17H2,1-4H3,(H,31,36)(H,32,33)(H,34,35)/t21-,24+,25-,26+,27-,29-/m1/s1. The first-order valence-corrected chi connectivity index (χ1v) is 13.5. The van der Waals surface area contributed by atoms with Gasteiger partial charge in [-0.3, -0.25) is 14.4 Å². The van der Waals surface area contributed by atoms with Crippen LogP contribution in [0.3, 0.4) is 0 Å². The van der Waals surface area contributed by atoms with E-state index >= 15 is 0 Å². The minimum absolute atomic E-state index is 0.116. The Morgan fingerprint density at radius 1 is 0.950 bits per heavy atom. The fourth-order valence-corrected chi connectivity index (χ4v) is 5.04. The van der Waals surface area contributed by atoms with Crippen LogP contribution in [0.2, 0.25) is 0 Å². The van der Waals surface area contributed by atoms with Gasteiger partial charge in [0.15, 0.2) is 12.1 Å². The average Bonchev–Trinajstić information content (AvgIpc) is 3.37. The van der Waals surface area contributed by atoms with Crippen LogP contribution in [0.25, 0.3) is 0 Å². The molecule has 3 N–H and O–H groups in total. The number of rotatable bonds is 12. The molecule has 2 aromatic carbocycles. The molecule has 2 aliphatic rings. The normalized spacial score (nSPS) is 24.7. The Balaban J connectivity index is 1.50. The van der Waals surface area contributed by atoms with Crippen molar-refractivity contribution in [2.75, 3.05) is 0 Å². The molecular weight excluding hydrogens is 516 g/mol. The van der Waals surface area contributed by atoms with Gasteiger partial charge in [-0.05, 0) is 30.9 Å². The lowest BCUT2D eigenvalue weighted by molar-refractivity contribution is -0.223. The van der Waals surface area contributed by atoms with Crippen molar-refractivity contribution in [3.63, 3.8) is 0 Å². The van der Waals surface area contributed by atoms with Gasteiger partial charge in [-0.15, -0.1) is 0 Å². The summed E-state index contributed by atoms with van der Waals surface area (Å²) in [6.07, 6.45) is -3.31. The maximum Gasteiger partial charge on any atom is 0.305 e. The second kappa shape index (κ2) is 12.9. The van der Waals surface area contributed by atoms with Gasteiger partial charge in [-0.25, -0.2) is 0 Å². The number of benzene rings is 2. The van der Waals surface area contributed by atoms with Crippen LogP contribution in [0.5, 0.6) is 0 Å². The zero-order valence-electron chi connectivity index (χ0n) is 23.2. The number of carboxylic acids is 1. The number of ether oxygens (including phenoxy) is 4. The van der Waals surface area contributed by atoms with Gasteiger partial charge in [0.05, 0.1) is 25.5 Å². The molecule has 0 saturated carbocycles. The first kappa shape index (κ1) is 29.7. The second-order valence-electron chi connectivity index (χ2n) is 11.0. The molecule has 2 aromatic rings. The van der Waals surface area contributed by atoms with Crippen LogP contribution in [0.1, 0.15) is 45.2 Å². The summed E-state index contributed by atoms with van der Waals surface area (Å²) in [5, 5.41) is 15.3. The molecule has 0 spiro atoms. The summed E-state index contributed by atoms with van der Waals surface area (Å²) in [6.45, 7) is 7.38. The molecule has 10 heteroatoms. The van der Waals surface area contributed by atoms with Crippen LogP contribution in [0, 0.1) is 5.92 Å². The van der Waals surface area contributed by atoms with Gasteiger partial charge in [0.1, 0.15) is 24.4 Å². The van der Waals surface area contributed by atoms with E-state index in [0.717, 1.165) is 11.1 Å². The lowest BCUT2D eigenvalue weighted by atomic mass is 9.98. The van der Waals surface area contributed by atoms with Gasteiger partial charge in [0.2, 0.25) is 11.8 Å². The van der Waals surface area contributed by atoms with Gasteiger partial charge >= 0.3 is 5.97 Å². The number of nitrogens with one attached hydrogen (secondary N) is 2. The third kappa shape index (κ3) is 7.66. The molecule has 4 rings (SSSR count). The van der Waals surface area contributed by atoms with E-state index in [4.69, 9.17) is 18.9 Å². The number of carbonyl (C=O) groups excluding carboxylic acids is 2. The Morgan fingerprint density at radius 2 is 1.57 bits per heavy atom. The van der Waals surface area contributed by atoms with Gasteiger partial charge in [-0.1, -0.05) is 74.5 Å². The van der Waals surface area contributed by atoms with Crippen LogP contribution in [-0.2, 0) is 46.4 Å². The van der Waals surface area contributed by atoms with Crippen LogP contribution >= 0.6 is 0 Å². The Bertz CT molecular complexity index is 1160. The van der Waals surface area contributed by atoms with Crippen molar-refractivity contribution in [2.45, 2.75) is 89.6 Å². The van der Waals surface area contributed by atoms with Crippen LogP contribution in [-0.4, -0.2) is 65.4 Å². The highest BCUT2D eigenvalue weighted by atomic mass is 16.8. The first-order valence-electron chi connectivity index (χ1n) is 13.5. The van der Waals surface area contributed by atoms with Crippen molar-refractivity contribution >= 4 is 17.8 Å². The van der Waals surface area contributed by atoms with Gasteiger partial charge in [-0.2, -0.15) is 0 Å². The van der Waals surface area contributed by atoms with Gasteiger partial charge in [0, 0.05) is 0 Å². The van der Waals surface area contributed by atoms with E-state index in [0.29, 0.717) is 0 Å². The van der Waals surface area contributed by atoms with E-state index in [1.807, 2.05) is 74.5 Å². The molecule has 6 atom stereocenters. The van der Waals surface area contributed by atoms with E-state index in [1.54, 1.807) is 13.8 Å². The molecule has 0 bridgehead atoms. The fraction of sp³-hybridized carbons (Fsp3) is 0.500. The maximum atomic E-state index is 13.5. The molecule has 2 fully saturated rings. The summed E-state index contributed by atoms with van der Waals surface area (Å²) in [6, 6.07) is 16.9. The van der Waals surface area contributed by atoms with E-state index in [9.17, 15) is 19.5 Å². The zero-order chi connectivity index (χ0) is 28.9. The molecule has 0 unspecified atom stereocenters. The maximum absolute atomic E-state index is 13.5. The predicted molar refractivity (Wildman–Crippen MR) is 145 cm³/mol. The summed E-state index contributed by atoms with van der Waals surface area (Å²) in [5.74, 6) is -3.11. The highest BCUT2D eigenvalue weighted by Crippen LogP contribution is 2.40. The zero-order valence-corrected chi connectivity index (χ0v) is 23.2. The monoisotopic (exact) mass is 554 g/mol. The minimum Gasteiger partial charge on any atom is -0.481 e. The van der Waals surface area contributed by atoms with E-state index in [2.05, 4.69) is 10.6 Å². The SMILES string of the molecule is CC(C)[C@H](NC(=O)Cc1ccccc1)C(=O)N[C@H](CC(=O)O)[C@H]1O[C@@H]2OC(C)(C)O[C@@H]2[C@H]1OCc1ccccc1. The molecule has 0 radical (unpaired) electrons. The number of aliphatic carboxylic acids is 1. The van der Waals surface area contributed by atoms with E-state index in [1.165, 1.54) is 0 Å². The van der Waals surface area contributed by atoms with Crippen LogP contribution in [0.4, 0.5) is 0 Å². The summed E-state index contributed by atoms with van der Waals surface area (Å²) < 4.78 is 24.4. The topological polar surface area (TPSA) is 132 Å². The Hall–Kier alpha value is -3.31. The third-order valence-corrected chi connectivity index (χ3v) is 6.90. The number of hydrogen-bond acceptors (Lipinski definition) is 7. The number of fused-ring (bicyclic) bond motifs is 1. The van der Waals surface area contributed by atoms with Crippen molar-refractivity contribution in [1.29, 1.82) is 0 Å². The average molecular weight is 555 g/mol. The summed E-state index contributed by atoms with van der Waals surface area (Å²) in [7, 11) is 0. The number of carboxylic acid groups (broad SMARTS) is 1. The third-order valence-electron chi connectivity index (χ3n) is 6.90. The van der Waals surface area contributed by atoms with Crippen molar-refractivity contribution in [3.8, 4) is 0 Å². The molecule has 0 aromatic heterocycles. The molecular formula is C30H38N2O8. The largest absolute Gasteiger partial charge is 0.481 e. The predicted octanol–water partition coefficient (Wildman–Crippen LogP) is 2.79. The molecule has 2 aliphatic heterocycles. The van der Waals surface area contributed by atoms with Crippen molar-refractivity contribution in [1.82, 2.24) is 10.6 Å². The number of hydrogen-bond donors (Lipinski definition) is 3. The Labute approximate surface area is 234 Å². The molecule has 2 saturated heterocycles. The molecule has 0 aliphatic carbocycles. The van der Waals surface area contributed by atoms with Crippen LogP contribution < -0.4 is 10.6 Å². The lowest BCUT2D eigenvalue weighted by Crippen LogP contribution is -2.57. The fourth-order valence-electron chi connectivity index (χ4n) is 5.04. The highest BCUT2D eigenvalue weighted by molar-refractivity contribution is 5.89.